The van der Waals surface area contributed by atoms with Crippen molar-refractivity contribution in [2.75, 3.05) is 33.4 Å². The van der Waals surface area contributed by atoms with Crippen molar-refractivity contribution >= 4 is 23.1 Å². The summed E-state index contributed by atoms with van der Waals surface area (Å²) in [5, 5.41) is 3.02. The Balaban J connectivity index is 2.45. The first-order chi connectivity index (χ1) is 9.00. The molecule has 0 atom stereocenters. The molecule has 110 valence electrons. The zero-order chi connectivity index (χ0) is 14.3. The number of nitrogens with two attached hydrogens (primary N) is 1. The second-order valence-electron chi connectivity index (χ2n) is 5.16. The van der Waals surface area contributed by atoms with Gasteiger partial charge in [0.25, 0.3) is 0 Å². The molecule has 1 heterocycles. The van der Waals surface area contributed by atoms with Gasteiger partial charge in [0.05, 0.1) is 17.1 Å². The first-order valence-electron chi connectivity index (χ1n) is 6.87. The molecule has 6 heteroatoms. The number of piperidine rings is 1. The van der Waals surface area contributed by atoms with Gasteiger partial charge in [0, 0.05) is 26.1 Å². The third kappa shape index (κ3) is 5.04. The number of hydrogen-bond acceptors (Lipinski definition) is 4. The summed E-state index contributed by atoms with van der Waals surface area (Å²) in [5.41, 5.74) is 5.33. The monoisotopic (exact) mass is 287 g/mol. The summed E-state index contributed by atoms with van der Waals surface area (Å²) < 4.78 is 5.32. The quantitative estimate of drug-likeness (QED) is 0.532. The molecular weight excluding hydrogens is 262 g/mol. The molecule has 0 aromatic rings. The highest BCUT2D eigenvalue weighted by Crippen LogP contribution is 2.22. The predicted octanol–water partition coefficient (Wildman–Crippen LogP) is 0.670. The normalized spacial score (nSPS) is 19.1. The summed E-state index contributed by atoms with van der Waals surface area (Å²) in [7, 11) is 2.06. The number of likely N-dealkylation sites (tertiary alicyclic amines) is 1. The number of carbonyl (C=O) groups is 1. The van der Waals surface area contributed by atoms with Gasteiger partial charge in [-0.3, -0.25) is 4.79 Å². The molecular formula is C13H25N3O2S. The third-order valence-electron chi connectivity index (χ3n) is 3.51. The molecule has 19 heavy (non-hydrogen) atoms. The number of hydrogen-bond donors (Lipinski definition) is 2. The summed E-state index contributed by atoms with van der Waals surface area (Å²) in [6, 6.07) is 0. The van der Waals surface area contributed by atoms with Gasteiger partial charge in [-0.1, -0.05) is 19.1 Å². The molecule has 0 aromatic heterocycles. The Kier molecular flexibility index (Phi) is 6.68. The van der Waals surface area contributed by atoms with Gasteiger partial charge in [-0.05, 0) is 26.3 Å². The SMILES string of the molecule is CCCOCCC(=O)NC1(C(N)=S)CCN(C)CC1. The highest BCUT2D eigenvalue weighted by atomic mass is 32.1. The van der Waals surface area contributed by atoms with Gasteiger partial charge in [0.1, 0.15) is 0 Å². The average molecular weight is 287 g/mol. The van der Waals surface area contributed by atoms with Crippen LogP contribution in [0.15, 0.2) is 0 Å². The molecule has 1 amide bonds. The Morgan fingerprint density at radius 3 is 2.58 bits per heavy atom. The fourth-order valence-electron chi connectivity index (χ4n) is 2.17. The van der Waals surface area contributed by atoms with E-state index in [0.717, 1.165) is 32.4 Å². The average Bonchev–Trinajstić information content (AvgIpc) is 2.37. The van der Waals surface area contributed by atoms with E-state index in [9.17, 15) is 4.79 Å². The second kappa shape index (κ2) is 7.77. The van der Waals surface area contributed by atoms with Crippen LogP contribution >= 0.6 is 12.2 Å². The predicted molar refractivity (Wildman–Crippen MR) is 80.1 cm³/mol. The van der Waals surface area contributed by atoms with E-state index in [4.69, 9.17) is 22.7 Å². The van der Waals surface area contributed by atoms with Crippen LogP contribution in [0.25, 0.3) is 0 Å². The minimum Gasteiger partial charge on any atom is -0.391 e. The zero-order valence-electron chi connectivity index (χ0n) is 11.9. The zero-order valence-corrected chi connectivity index (χ0v) is 12.7. The topological polar surface area (TPSA) is 67.6 Å². The van der Waals surface area contributed by atoms with E-state index < -0.39 is 5.54 Å². The lowest BCUT2D eigenvalue weighted by molar-refractivity contribution is -0.123. The van der Waals surface area contributed by atoms with Crippen molar-refractivity contribution in [1.82, 2.24) is 10.2 Å². The highest BCUT2D eigenvalue weighted by molar-refractivity contribution is 7.80. The molecule has 0 radical (unpaired) electrons. The van der Waals surface area contributed by atoms with Crippen LogP contribution in [0, 0.1) is 0 Å². The van der Waals surface area contributed by atoms with Gasteiger partial charge in [-0.15, -0.1) is 0 Å². The van der Waals surface area contributed by atoms with Gasteiger partial charge in [0.15, 0.2) is 0 Å². The molecule has 0 bridgehead atoms. The Labute approximate surface area is 120 Å². The molecule has 3 N–H and O–H groups in total. The first-order valence-corrected chi connectivity index (χ1v) is 7.28. The largest absolute Gasteiger partial charge is 0.391 e. The Morgan fingerprint density at radius 2 is 2.05 bits per heavy atom. The number of carbonyl (C=O) groups excluding carboxylic acids is 1. The minimum absolute atomic E-state index is 0.0338. The molecule has 1 saturated heterocycles. The van der Waals surface area contributed by atoms with Crippen molar-refractivity contribution in [2.45, 2.75) is 38.1 Å². The summed E-state index contributed by atoms with van der Waals surface area (Å²) >= 11 is 5.15. The maximum atomic E-state index is 11.9. The van der Waals surface area contributed by atoms with Crippen molar-refractivity contribution in [3.8, 4) is 0 Å². The maximum absolute atomic E-state index is 11.9. The van der Waals surface area contributed by atoms with Crippen LogP contribution in [-0.2, 0) is 9.53 Å². The lowest BCUT2D eigenvalue weighted by Gasteiger charge is -2.40. The van der Waals surface area contributed by atoms with E-state index in [1.54, 1.807) is 0 Å². The van der Waals surface area contributed by atoms with Gasteiger partial charge in [-0.25, -0.2) is 0 Å². The third-order valence-corrected chi connectivity index (χ3v) is 3.90. The summed E-state index contributed by atoms with van der Waals surface area (Å²) in [4.78, 5) is 14.6. The van der Waals surface area contributed by atoms with Crippen molar-refractivity contribution in [1.29, 1.82) is 0 Å². The molecule has 1 aliphatic heterocycles. The van der Waals surface area contributed by atoms with E-state index in [1.165, 1.54) is 0 Å². The van der Waals surface area contributed by atoms with Crippen LogP contribution < -0.4 is 11.1 Å². The second-order valence-corrected chi connectivity index (χ2v) is 5.60. The van der Waals surface area contributed by atoms with Crippen LogP contribution in [0.1, 0.15) is 32.6 Å². The Hall–Kier alpha value is -0.720. The van der Waals surface area contributed by atoms with E-state index in [0.29, 0.717) is 24.6 Å². The number of nitrogens with one attached hydrogen (secondary N) is 1. The van der Waals surface area contributed by atoms with E-state index in [-0.39, 0.29) is 5.91 Å². The van der Waals surface area contributed by atoms with Crippen LogP contribution in [0.5, 0.6) is 0 Å². The van der Waals surface area contributed by atoms with Crippen molar-refractivity contribution in [3.63, 3.8) is 0 Å². The van der Waals surface area contributed by atoms with E-state index in [2.05, 4.69) is 17.3 Å². The summed E-state index contributed by atoms with van der Waals surface area (Å²) in [6.07, 6.45) is 2.88. The van der Waals surface area contributed by atoms with Crippen LogP contribution in [0.2, 0.25) is 0 Å². The number of nitrogens with zero attached hydrogens (tertiary/aromatic N) is 1. The highest BCUT2D eigenvalue weighted by Gasteiger charge is 2.37. The molecule has 5 nitrogen and oxygen atoms in total. The summed E-state index contributed by atoms with van der Waals surface area (Å²) in [5.74, 6) is -0.0338. The van der Waals surface area contributed by atoms with Crippen LogP contribution in [-0.4, -0.2) is 54.7 Å². The minimum atomic E-state index is -0.510. The lowest BCUT2D eigenvalue weighted by Crippen LogP contribution is -2.61. The van der Waals surface area contributed by atoms with Crippen molar-refractivity contribution in [3.05, 3.63) is 0 Å². The molecule has 0 aromatic carbocycles. The first kappa shape index (κ1) is 16.3. The van der Waals surface area contributed by atoms with Crippen LogP contribution in [0.3, 0.4) is 0 Å². The number of rotatable bonds is 7. The fraction of sp³-hybridized carbons (Fsp3) is 0.846. The molecule has 0 unspecified atom stereocenters. The van der Waals surface area contributed by atoms with E-state index >= 15 is 0 Å². The molecule has 1 aliphatic rings. The van der Waals surface area contributed by atoms with E-state index in [1.807, 2.05) is 6.92 Å². The van der Waals surface area contributed by atoms with Gasteiger partial charge >= 0.3 is 0 Å². The van der Waals surface area contributed by atoms with Gasteiger partial charge < -0.3 is 20.7 Å². The summed E-state index contributed by atoms with van der Waals surface area (Å²) in [6.45, 7) is 4.97. The van der Waals surface area contributed by atoms with Crippen LogP contribution in [0.4, 0.5) is 0 Å². The van der Waals surface area contributed by atoms with Gasteiger partial charge in [0.2, 0.25) is 5.91 Å². The standard InChI is InChI=1S/C13H25N3O2S/c1-3-9-18-10-4-11(17)15-13(12(14)19)5-7-16(2)8-6-13/h3-10H2,1-2H3,(H2,14,19)(H,15,17). The number of ether oxygens (including phenoxy) is 1. The van der Waals surface area contributed by atoms with Crippen molar-refractivity contribution < 1.29 is 9.53 Å². The molecule has 0 aliphatic carbocycles. The maximum Gasteiger partial charge on any atom is 0.223 e. The molecule has 0 spiro atoms. The Bertz CT molecular complexity index is 315. The molecule has 1 rings (SSSR count). The van der Waals surface area contributed by atoms with Crippen molar-refractivity contribution in [2.24, 2.45) is 5.73 Å². The molecule has 1 fully saturated rings. The number of amides is 1. The van der Waals surface area contributed by atoms with Gasteiger partial charge in [-0.2, -0.15) is 0 Å². The lowest BCUT2D eigenvalue weighted by atomic mass is 9.87. The Morgan fingerprint density at radius 1 is 1.42 bits per heavy atom. The smallest absolute Gasteiger partial charge is 0.223 e. The number of thiocarbonyl (C=S) groups is 1. The molecule has 0 saturated carbocycles. The fourth-order valence-corrected chi connectivity index (χ4v) is 2.43.